The van der Waals surface area contributed by atoms with Gasteiger partial charge in [-0.3, -0.25) is 0 Å². The van der Waals surface area contributed by atoms with Crippen molar-refractivity contribution in [3.05, 3.63) is 23.8 Å². The molecule has 0 amide bonds. The summed E-state index contributed by atoms with van der Waals surface area (Å²) in [4.78, 5) is 8.87. The second-order valence-electron chi connectivity index (χ2n) is 6.48. The monoisotopic (exact) mass is 232 g/mol. The lowest BCUT2D eigenvalue weighted by molar-refractivity contribution is 0.486. The van der Waals surface area contributed by atoms with Crippen molar-refractivity contribution in [1.29, 1.82) is 0 Å². The zero-order chi connectivity index (χ0) is 12.8. The molecule has 0 fully saturated rings. The van der Waals surface area contributed by atoms with Crippen LogP contribution in [0.5, 0.6) is 0 Å². The highest BCUT2D eigenvalue weighted by Gasteiger charge is 2.29. The van der Waals surface area contributed by atoms with E-state index < -0.39 is 0 Å². The van der Waals surface area contributed by atoms with Gasteiger partial charge in [0, 0.05) is 17.0 Å². The van der Waals surface area contributed by atoms with E-state index in [0.717, 1.165) is 11.4 Å². The Morgan fingerprint density at radius 2 is 1.53 bits per heavy atom. The normalized spacial score (nSPS) is 13.3. The molecule has 2 aromatic rings. The lowest BCUT2D eigenvalue weighted by Gasteiger charge is -2.27. The predicted molar refractivity (Wildman–Crippen MR) is 68.2 cm³/mol. The van der Waals surface area contributed by atoms with Gasteiger partial charge in [0.15, 0.2) is 0 Å². The molecule has 0 saturated heterocycles. The first-order chi connectivity index (χ1) is 7.69. The van der Waals surface area contributed by atoms with Gasteiger partial charge in [0.25, 0.3) is 5.78 Å². The first-order valence-electron chi connectivity index (χ1n) is 5.92. The first-order valence-corrected chi connectivity index (χ1v) is 5.92. The van der Waals surface area contributed by atoms with Crippen molar-refractivity contribution in [2.24, 2.45) is 0 Å². The van der Waals surface area contributed by atoms with Crippen LogP contribution >= 0.6 is 0 Å². The number of hydrogen-bond donors (Lipinski definition) is 0. The maximum Gasteiger partial charge on any atom is 0.250 e. The average molecular weight is 232 g/mol. The van der Waals surface area contributed by atoms with E-state index in [4.69, 9.17) is 0 Å². The minimum Gasteiger partial charge on any atom is -0.218 e. The molecule has 0 aliphatic carbocycles. The van der Waals surface area contributed by atoms with Crippen LogP contribution in [0.1, 0.15) is 52.9 Å². The summed E-state index contributed by atoms with van der Waals surface area (Å²) in [5.41, 5.74) is 2.02. The van der Waals surface area contributed by atoms with Gasteiger partial charge in [-0.2, -0.15) is 5.10 Å². The fourth-order valence-electron chi connectivity index (χ4n) is 1.78. The van der Waals surface area contributed by atoms with Crippen LogP contribution in [0.2, 0.25) is 0 Å². The third-order valence-corrected chi connectivity index (χ3v) is 2.67. The SMILES string of the molecule is CC(C)(C)c1nc2nccn2nc1C(C)(C)C. The Hall–Kier alpha value is -1.45. The van der Waals surface area contributed by atoms with Gasteiger partial charge in [-0.15, -0.1) is 0 Å². The van der Waals surface area contributed by atoms with Gasteiger partial charge in [0.05, 0.1) is 17.6 Å². The van der Waals surface area contributed by atoms with Gasteiger partial charge in [-0.1, -0.05) is 41.5 Å². The molecule has 0 aliphatic heterocycles. The van der Waals surface area contributed by atoms with Gasteiger partial charge in [0.1, 0.15) is 0 Å². The Morgan fingerprint density at radius 3 is 2.06 bits per heavy atom. The molecule has 4 nitrogen and oxygen atoms in total. The van der Waals surface area contributed by atoms with Crippen molar-refractivity contribution >= 4 is 5.78 Å². The van der Waals surface area contributed by atoms with Crippen molar-refractivity contribution in [3.63, 3.8) is 0 Å². The van der Waals surface area contributed by atoms with Crippen LogP contribution < -0.4 is 0 Å². The van der Waals surface area contributed by atoms with Crippen LogP contribution in [0, 0.1) is 0 Å². The number of fused-ring (bicyclic) bond motifs is 1. The summed E-state index contributed by atoms with van der Waals surface area (Å²) in [5.74, 6) is 0.669. The smallest absolute Gasteiger partial charge is 0.218 e. The molecule has 0 N–H and O–H groups in total. The second kappa shape index (κ2) is 3.52. The molecule has 0 spiro atoms. The quantitative estimate of drug-likeness (QED) is 0.701. The lowest BCUT2D eigenvalue weighted by Crippen LogP contribution is -2.26. The predicted octanol–water partition coefficient (Wildman–Crippen LogP) is 2.72. The van der Waals surface area contributed by atoms with Gasteiger partial charge in [-0.25, -0.2) is 14.5 Å². The summed E-state index contributed by atoms with van der Waals surface area (Å²) in [6, 6.07) is 0. The topological polar surface area (TPSA) is 43.1 Å². The van der Waals surface area contributed by atoms with Crippen LogP contribution in [0.25, 0.3) is 5.78 Å². The summed E-state index contributed by atoms with van der Waals surface area (Å²) < 4.78 is 1.75. The molecule has 0 unspecified atom stereocenters. The first kappa shape index (κ1) is 12.0. The summed E-state index contributed by atoms with van der Waals surface area (Å²) in [6.07, 6.45) is 3.57. The summed E-state index contributed by atoms with van der Waals surface area (Å²) in [7, 11) is 0. The Bertz CT molecular complexity index is 493. The molecule has 92 valence electrons. The van der Waals surface area contributed by atoms with Crippen LogP contribution in [0.4, 0.5) is 0 Å². The zero-order valence-electron chi connectivity index (χ0n) is 11.4. The minimum absolute atomic E-state index is 0.0198. The third-order valence-electron chi connectivity index (χ3n) is 2.67. The molecule has 2 rings (SSSR count). The van der Waals surface area contributed by atoms with E-state index in [2.05, 4.69) is 56.6 Å². The molecule has 0 aliphatic rings. The number of aromatic nitrogens is 4. The van der Waals surface area contributed by atoms with Crippen LogP contribution in [-0.2, 0) is 10.8 Å². The maximum atomic E-state index is 4.66. The van der Waals surface area contributed by atoms with E-state index in [1.165, 1.54) is 0 Å². The van der Waals surface area contributed by atoms with Crippen LogP contribution in [0.15, 0.2) is 12.4 Å². The van der Waals surface area contributed by atoms with E-state index in [0.29, 0.717) is 5.78 Å². The highest BCUT2D eigenvalue weighted by molar-refractivity contribution is 5.34. The lowest BCUT2D eigenvalue weighted by atomic mass is 9.82. The zero-order valence-corrected chi connectivity index (χ0v) is 11.4. The van der Waals surface area contributed by atoms with Crippen LogP contribution in [0.3, 0.4) is 0 Å². The molecule has 2 heterocycles. The van der Waals surface area contributed by atoms with E-state index in [1.807, 2.05) is 6.20 Å². The van der Waals surface area contributed by atoms with Gasteiger partial charge < -0.3 is 0 Å². The van der Waals surface area contributed by atoms with Gasteiger partial charge in [0.2, 0.25) is 0 Å². The summed E-state index contributed by atoms with van der Waals surface area (Å²) >= 11 is 0. The Morgan fingerprint density at radius 1 is 0.941 bits per heavy atom. The molecule has 0 atom stereocenters. The van der Waals surface area contributed by atoms with E-state index in [1.54, 1.807) is 10.7 Å². The van der Waals surface area contributed by atoms with Crippen molar-refractivity contribution in [3.8, 4) is 0 Å². The Labute approximate surface area is 102 Å². The van der Waals surface area contributed by atoms with Crippen molar-refractivity contribution in [1.82, 2.24) is 19.6 Å². The molecule has 0 aromatic carbocycles. The molecule has 4 heteroatoms. The Balaban J connectivity index is 2.78. The number of nitrogens with zero attached hydrogens (tertiary/aromatic N) is 4. The van der Waals surface area contributed by atoms with Gasteiger partial charge in [-0.05, 0) is 0 Å². The second-order valence-corrected chi connectivity index (χ2v) is 6.48. The summed E-state index contributed by atoms with van der Waals surface area (Å²) in [6.45, 7) is 13.0. The molecule has 2 aromatic heterocycles. The molecule has 0 bridgehead atoms. The average Bonchev–Trinajstić information content (AvgIpc) is 2.59. The fourth-order valence-corrected chi connectivity index (χ4v) is 1.78. The maximum absolute atomic E-state index is 4.66. The molecular weight excluding hydrogens is 212 g/mol. The van der Waals surface area contributed by atoms with Crippen molar-refractivity contribution < 1.29 is 0 Å². The standard InChI is InChI=1S/C13H20N4/c1-12(2,3)9-10(13(4,5)6)16-17-8-7-14-11(17)15-9/h7-8H,1-6H3. The van der Waals surface area contributed by atoms with E-state index >= 15 is 0 Å². The molecular formula is C13H20N4. The van der Waals surface area contributed by atoms with Crippen LogP contribution in [-0.4, -0.2) is 19.6 Å². The highest BCUT2D eigenvalue weighted by atomic mass is 15.3. The Kier molecular flexibility index (Phi) is 2.49. The highest BCUT2D eigenvalue weighted by Crippen LogP contribution is 2.30. The molecule has 0 radical (unpaired) electrons. The number of imidazole rings is 1. The van der Waals surface area contributed by atoms with Crippen molar-refractivity contribution in [2.75, 3.05) is 0 Å². The van der Waals surface area contributed by atoms with E-state index in [-0.39, 0.29) is 10.8 Å². The van der Waals surface area contributed by atoms with Crippen molar-refractivity contribution in [2.45, 2.75) is 52.4 Å². The minimum atomic E-state index is -0.0245. The third kappa shape index (κ3) is 2.16. The van der Waals surface area contributed by atoms with Gasteiger partial charge >= 0.3 is 0 Å². The largest absolute Gasteiger partial charge is 0.250 e. The fraction of sp³-hybridized carbons (Fsp3) is 0.615. The van der Waals surface area contributed by atoms with E-state index in [9.17, 15) is 0 Å². The summed E-state index contributed by atoms with van der Waals surface area (Å²) in [5, 5.41) is 4.66. The number of rotatable bonds is 0. The molecule has 17 heavy (non-hydrogen) atoms. The molecule has 0 saturated carbocycles. The number of hydrogen-bond acceptors (Lipinski definition) is 3.